The van der Waals surface area contributed by atoms with E-state index in [0.717, 1.165) is 33.5 Å². The number of benzene rings is 2. The number of rotatable bonds is 1. The van der Waals surface area contributed by atoms with Crippen LogP contribution in [-0.2, 0) is 0 Å². The lowest BCUT2D eigenvalue weighted by atomic mass is 10.1. The average Bonchev–Trinajstić information content (AvgIpc) is 2.82. The molecule has 0 aliphatic heterocycles. The van der Waals surface area contributed by atoms with Crippen molar-refractivity contribution in [2.24, 2.45) is 0 Å². The number of para-hydroxylation sites is 3. The van der Waals surface area contributed by atoms with Crippen LogP contribution in [-0.4, -0.2) is 15.0 Å². The number of hydrogen-bond acceptors (Lipinski definition) is 2. The second kappa shape index (κ2) is 4.17. The predicted molar refractivity (Wildman–Crippen MR) is 81.6 cm³/mol. The Kier molecular flexibility index (Phi) is 2.33. The van der Waals surface area contributed by atoms with E-state index in [0.29, 0.717) is 0 Å². The van der Waals surface area contributed by atoms with Gasteiger partial charge < -0.3 is 4.98 Å². The van der Waals surface area contributed by atoms with E-state index in [-0.39, 0.29) is 0 Å². The molecule has 2 aromatic carbocycles. The Bertz CT molecular complexity index is 922. The SMILES string of the molecule is Cc1[nH]c2ccccc2c1-c1cnc2ccccc2n1. The van der Waals surface area contributed by atoms with Crippen molar-refractivity contribution in [3.63, 3.8) is 0 Å². The van der Waals surface area contributed by atoms with Gasteiger partial charge in [0, 0.05) is 22.2 Å². The zero-order valence-corrected chi connectivity index (χ0v) is 11.1. The van der Waals surface area contributed by atoms with E-state index in [1.54, 1.807) is 0 Å². The zero-order valence-electron chi connectivity index (χ0n) is 11.1. The van der Waals surface area contributed by atoms with Crippen LogP contribution in [0.15, 0.2) is 54.7 Å². The maximum Gasteiger partial charge on any atom is 0.0917 e. The van der Waals surface area contributed by atoms with E-state index in [9.17, 15) is 0 Å². The first-order chi connectivity index (χ1) is 9.83. The highest BCUT2D eigenvalue weighted by Crippen LogP contribution is 2.31. The number of aromatic amines is 1. The van der Waals surface area contributed by atoms with Gasteiger partial charge in [-0.2, -0.15) is 0 Å². The largest absolute Gasteiger partial charge is 0.358 e. The Balaban J connectivity index is 2.03. The van der Waals surface area contributed by atoms with Crippen LogP contribution < -0.4 is 0 Å². The molecule has 0 radical (unpaired) electrons. The van der Waals surface area contributed by atoms with Gasteiger partial charge in [0.1, 0.15) is 0 Å². The highest BCUT2D eigenvalue weighted by atomic mass is 14.8. The lowest BCUT2D eigenvalue weighted by Crippen LogP contribution is -1.89. The van der Waals surface area contributed by atoms with Gasteiger partial charge in [-0.15, -0.1) is 0 Å². The number of aryl methyl sites for hydroxylation is 1. The Morgan fingerprint density at radius 3 is 2.55 bits per heavy atom. The molecule has 0 spiro atoms. The van der Waals surface area contributed by atoms with E-state index in [1.807, 2.05) is 42.6 Å². The molecule has 96 valence electrons. The molecule has 0 amide bonds. The first kappa shape index (κ1) is 11.2. The molecule has 2 aromatic heterocycles. The van der Waals surface area contributed by atoms with Crippen molar-refractivity contribution in [3.05, 3.63) is 60.4 Å². The number of fused-ring (bicyclic) bond motifs is 2. The molecule has 2 heterocycles. The molecule has 0 aliphatic rings. The second-order valence-corrected chi connectivity index (χ2v) is 4.91. The van der Waals surface area contributed by atoms with Crippen LogP contribution in [0.2, 0.25) is 0 Å². The standard InChI is InChI=1S/C17H13N3/c1-11-17(12-6-2-3-7-13(12)19-11)16-10-18-14-8-4-5-9-15(14)20-16/h2-10,19H,1H3. The Morgan fingerprint density at radius 1 is 0.900 bits per heavy atom. The van der Waals surface area contributed by atoms with E-state index in [1.165, 1.54) is 5.39 Å². The van der Waals surface area contributed by atoms with Crippen molar-refractivity contribution in [1.29, 1.82) is 0 Å². The predicted octanol–water partition coefficient (Wildman–Crippen LogP) is 4.09. The van der Waals surface area contributed by atoms with Crippen molar-refractivity contribution < 1.29 is 0 Å². The van der Waals surface area contributed by atoms with Gasteiger partial charge in [-0.3, -0.25) is 4.98 Å². The van der Waals surface area contributed by atoms with Crippen molar-refractivity contribution in [1.82, 2.24) is 15.0 Å². The summed E-state index contributed by atoms with van der Waals surface area (Å²) in [5, 5.41) is 1.19. The van der Waals surface area contributed by atoms with Gasteiger partial charge in [0.05, 0.1) is 22.9 Å². The van der Waals surface area contributed by atoms with Crippen molar-refractivity contribution >= 4 is 21.9 Å². The molecular formula is C17H13N3. The third kappa shape index (κ3) is 1.60. The molecule has 0 bridgehead atoms. The molecule has 0 saturated carbocycles. The van der Waals surface area contributed by atoms with Gasteiger partial charge >= 0.3 is 0 Å². The first-order valence-corrected chi connectivity index (χ1v) is 6.62. The summed E-state index contributed by atoms with van der Waals surface area (Å²) in [6.07, 6.45) is 1.85. The molecule has 3 heteroatoms. The minimum Gasteiger partial charge on any atom is -0.358 e. The van der Waals surface area contributed by atoms with Crippen molar-refractivity contribution in [2.75, 3.05) is 0 Å². The van der Waals surface area contributed by atoms with Gasteiger partial charge in [0.25, 0.3) is 0 Å². The summed E-state index contributed by atoms with van der Waals surface area (Å²) in [7, 11) is 0. The molecule has 3 nitrogen and oxygen atoms in total. The van der Waals surface area contributed by atoms with Crippen LogP contribution >= 0.6 is 0 Å². The fraction of sp³-hybridized carbons (Fsp3) is 0.0588. The van der Waals surface area contributed by atoms with Crippen LogP contribution in [0.4, 0.5) is 0 Å². The Morgan fingerprint density at radius 2 is 1.65 bits per heavy atom. The summed E-state index contributed by atoms with van der Waals surface area (Å²) in [6, 6.07) is 16.2. The smallest absolute Gasteiger partial charge is 0.0917 e. The van der Waals surface area contributed by atoms with Crippen molar-refractivity contribution in [3.8, 4) is 11.3 Å². The fourth-order valence-electron chi connectivity index (χ4n) is 2.68. The second-order valence-electron chi connectivity index (χ2n) is 4.91. The molecular weight excluding hydrogens is 246 g/mol. The van der Waals surface area contributed by atoms with E-state index in [4.69, 9.17) is 4.98 Å². The Hall–Kier alpha value is -2.68. The van der Waals surface area contributed by atoms with Gasteiger partial charge in [0.15, 0.2) is 0 Å². The maximum absolute atomic E-state index is 4.75. The minimum absolute atomic E-state index is 0.915. The van der Waals surface area contributed by atoms with Crippen LogP contribution in [0, 0.1) is 6.92 Å². The average molecular weight is 259 g/mol. The number of H-pyrrole nitrogens is 1. The normalized spacial score (nSPS) is 11.2. The molecule has 4 rings (SSSR count). The monoisotopic (exact) mass is 259 g/mol. The van der Waals surface area contributed by atoms with Crippen LogP contribution in [0.5, 0.6) is 0 Å². The molecule has 20 heavy (non-hydrogen) atoms. The minimum atomic E-state index is 0.915. The van der Waals surface area contributed by atoms with E-state index < -0.39 is 0 Å². The maximum atomic E-state index is 4.75. The zero-order chi connectivity index (χ0) is 13.5. The number of nitrogens with one attached hydrogen (secondary N) is 1. The lowest BCUT2D eigenvalue weighted by Gasteiger charge is -2.03. The third-order valence-electron chi connectivity index (χ3n) is 3.60. The Labute approximate surface area is 116 Å². The summed E-state index contributed by atoms with van der Waals surface area (Å²) in [5.74, 6) is 0. The fourth-order valence-corrected chi connectivity index (χ4v) is 2.68. The van der Waals surface area contributed by atoms with Crippen LogP contribution in [0.3, 0.4) is 0 Å². The van der Waals surface area contributed by atoms with Gasteiger partial charge in [-0.05, 0) is 25.1 Å². The van der Waals surface area contributed by atoms with E-state index >= 15 is 0 Å². The summed E-state index contributed by atoms with van der Waals surface area (Å²) < 4.78 is 0. The third-order valence-corrected chi connectivity index (χ3v) is 3.60. The van der Waals surface area contributed by atoms with Crippen LogP contribution in [0.1, 0.15) is 5.69 Å². The van der Waals surface area contributed by atoms with E-state index in [2.05, 4.69) is 29.0 Å². The molecule has 0 aliphatic carbocycles. The molecule has 0 saturated heterocycles. The van der Waals surface area contributed by atoms with Gasteiger partial charge in [-0.1, -0.05) is 30.3 Å². The van der Waals surface area contributed by atoms with Crippen molar-refractivity contribution in [2.45, 2.75) is 6.92 Å². The molecule has 4 aromatic rings. The highest BCUT2D eigenvalue weighted by Gasteiger charge is 2.12. The lowest BCUT2D eigenvalue weighted by molar-refractivity contribution is 1.26. The topological polar surface area (TPSA) is 41.6 Å². The molecule has 1 N–H and O–H groups in total. The van der Waals surface area contributed by atoms with Crippen LogP contribution in [0.25, 0.3) is 33.2 Å². The highest BCUT2D eigenvalue weighted by molar-refractivity contribution is 5.97. The quantitative estimate of drug-likeness (QED) is 0.559. The molecule has 0 atom stereocenters. The number of aromatic nitrogens is 3. The summed E-state index contributed by atoms with van der Waals surface area (Å²) in [6.45, 7) is 2.08. The number of nitrogens with zero attached hydrogens (tertiary/aromatic N) is 2. The van der Waals surface area contributed by atoms with Gasteiger partial charge in [-0.25, -0.2) is 4.98 Å². The summed E-state index contributed by atoms with van der Waals surface area (Å²) in [5.41, 5.74) is 6.16. The summed E-state index contributed by atoms with van der Waals surface area (Å²) >= 11 is 0. The number of hydrogen-bond donors (Lipinski definition) is 1. The first-order valence-electron chi connectivity index (χ1n) is 6.62. The van der Waals surface area contributed by atoms with Gasteiger partial charge in [0.2, 0.25) is 0 Å². The summed E-state index contributed by atoms with van der Waals surface area (Å²) in [4.78, 5) is 12.7. The molecule has 0 fully saturated rings. The molecule has 0 unspecified atom stereocenters.